The molecule has 0 bridgehead atoms. The number of nitriles is 1. The predicted molar refractivity (Wildman–Crippen MR) is 91.5 cm³/mol. The van der Waals surface area contributed by atoms with E-state index in [-0.39, 0.29) is 5.69 Å². The first-order valence-corrected chi connectivity index (χ1v) is 7.50. The fraction of sp³-hybridized carbons (Fsp3) is 0.294. The highest BCUT2D eigenvalue weighted by molar-refractivity contribution is 6.31. The van der Waals surface area contributed by atoms with Crippen LogP contribution in [0.25, 0.3) is 0 Å². The minimum Gasteiger partial charge on any atom is -0.378 e. The smallest absolute Gasteiger partial charge is 0.161 e. The SMILES string of the molecule is CCN(Cc1ccc(N(C)C)cc1)c1ccc(Cl)c(C#N)n1. The summed E-state index contributed by atoms with van der Waals surface area (Å²) in [5.74, 6) is 0.764. The Balaban J connectivity index is 2.20. The molecule has 1 heterocycles. The van der Waals surface area contributed by atoms with E-state index in [9.17, 15) is 0 Å². The Kier molecular flexibility index (Phi) is 5.24. The number of halogens is 1. The zero-order valence-corrected chi connectivity index (χ0v) is 13.8. The largest absolute Gasteiger partial charge is 0.378 e. The van der Waals surface area contributed by atoms with Crippen LogP contribution in [0.3, 0.4) is 0 Å². The summed E-state index contributed by atoms with van der Waals surface area (Å²) in [6, 6.07) is 14.0. The van der Waals surface area contributed by atoms with E-state index >= 15 is 0 Å². The molecule has 0 N–H and O–H groups in total. The van der Waals surface area contributed by atoms with E-state index in [0.717, 1.165) is 18.9 Å². The van der Waals surface area contributed by atoms with E-state index in [0.29, 0.717) is 5.02 Å². The normalized spacial score (nSPS) is 10.1. The van der Waals surface area contributed by atoms with Crippen LogP contribution in [0.4, 0.5) is 11.5 Å². The van der Waals surface area contributed by atoms with Crippen LogP contribution in [-0.2, 0) is 6.54 Å². The Hall–Kier alpha value is -2.25. The van der Waals surface area contributed by atoms with Gasteiger partial charge in [0.2, 0.25) is 0 Å². The molecule has 0 aliphatic carbocycles. The molecule has 2 aromatic rings. The summed E-state index contributed by atoms with van der Waals surface area (Å²) in [5.41, 5.74) is 2.63. The molecule has 22 heavy (non-hydrogen) atoms. The first-order chi connectivity index (χ1) is 10.5. The van der Waals surface area contributed by atoms with Gasteiger partial charge in [0.25, 0.3) is 0 Å². The first kappa shape index (κ1) is 16.1. The Morgan fingerprint density at radius 1 is 1.14 bits per heavy atom. The van der Waals surface area contributed by atoms with Gasteiger partial charge >= 0.3 is 0 Å². The van der Waals surface area contributed by atoms with Crippen LogP contribution < -0.4 is 9.80 Å². The molecule has 5 heteroatoms. The Morgan fingerprint density at radius 3 is 2.36 bits per heavy atom. The van der Waals surface area contributed by atoms with Gasteiger partial charge in [-0.1, -0.05) is 23.7 Å². The van der Waals surface area contributed by atoms with E-state index in [4.69, 9.17) is 16.9 Å². The zero-order chi connectivity index (χ0) is 16.1. The van der Waals surface area contributed by atoms with Gasteiger partial charge in [0.15, 0.2) is 5.69 Å². The summed E-state index contributed by atoms with van der Waals surface area (Å²) in [6.07, 6.45) is 0. The maximum atomic E-state index is 9.05. The van der Waals surface area contributed by atoms with Crippen molar-refractivity contribution in [2.24, 2.45) is 0 Å². The first-order valence-electron chi connectivity index (χ1n) is 7.13. The number of benzene rings is 1. The standard InChI is InChI=1S/C17H19ClN4/c1-4-22(17-10-9-15(18)16(11-19)20-17)12-13-5-7-14(8-6-13)21(2)3/h5-10H,4,12H2,1-3H3. The lowest BCUT2D eigenvalue weighted by atomic mass is 10.2. The number of anilines is 2. The highest BCUT2D eigenvalue weighted by atomic mass is 35.5. The van der Waals surface area contributed by atoms with Crippen LogP contribution in [0.5, 0.6) is 0 Å². The molecule has 4 nitrogen and oxygen atoms in total. The second-order valence-electron chi connectivity index (χ2n) is 5.19. The molecule has 0 saturated heterocycles. The number of nitrogens with zero attached hydrogens (tertiary/aromatic N) is 4. The van der Waals surface area contributed by atoms with E-state index in [1.165, 1.54) is 11.3 Å². The molecule has 1 aromatic carbocycles. The molecule has 0 radical (unpaired) electrons. The zero-order valence-electron chi connectivity index (χ0n) is 13.0. The molecule has 0 atom stereocenters. The fourth-order valence-corrected chi connectivity index (χ4v) is 2.31. The second kappa shape index (κ2) is 7.15. The highest BCUT2D eigenvalue weighted by Gasteiger charge is 2.10. The molecule has 2 rings (SSSR count). The number of hydrogen-bond acceptors (Lipinski definition) is 4. The molecule has 0 unspecified atom stereocenters. The van der Waals surface area contributed by atoms with E-state index < -0.39 is 0 Å². The molecule has 114 valence electrons. The van der Waals surface area contributed by atoms with Gasteiger partial charge in [0.1, 0.15) is 11.9 Å². The van der Waals surface area contributed by atoms with E-state index in [2.05, 4.69) is 46.0 Å². The van der Waals surface area contributed by atoms with Crippen molar-refractivity contribution in [1.82, 2.24) is 4.98 Å². The molecule has 0 saturated carbocycles. The number of hydrogen-bond donors (Lipinski definition) is 0. The lowest BCUT2D eigenvalue weighted by molar-refractivity contribution is 0.812. The molecular formula is C17H19ClN4. The third kappa shape index (κ3) is 3.69. The van der Waals surface area contributed by atoms with Gasteiger partial charge in [-0.3, -0.25) is 0 Å². The van der Waals surface area contributed by atoms with Crippen molar-refractivity contribution in [3.63, 3.8) is 0 Å². The average Bonchev–Trinajstić information content (AvgIpc) is 2.53. The molecule has 0 fully saturated rings. The lowest BCUT2D eigenvalue weighted by Crippen LogP contribution is -2.23. The van der Waals surface area contributed by atoms with Crippen molar-refractivity contribution in [1.29, 1.82) is 5.26 Å². The van der Waals surface area contributed by atoms with Crippen molar-refractivity contribution in [3.8, 4) is 6.07 Å². The van der Waals surface area contributed by atoms with Gasteiger partial charge in [0.05, 0.1) is 5.02 Å². The maximum Gasteiger partial charge on any atom is 0.161 e. The van der Waals surface area contributed by atoms with E-state index in [1.54, 1.807) is 6.07 Å². The van der Waals surface area contributed by atoms with Gasteiger partial charge < -0.3 is 9.80 Å². The topological polar surface area (TPSA) is 43.2 Å². The summed E-state index contributed by atoms with van der Waals surface area (Å²) < 4.78 is 0. The van der Waals surface area contributed by atoms with Crippen LogP contribution >= 0.6 is 11.6 Å². The third-order valence-corrected chi connectivity index (χ3v) is 3.77. The van der Waals surface area contributed by atoms with Crippen molar-refractivity contribution < 1.29 is 0 Å². The number of pyridine rings is 1. The second-order valence-corrected chi connectivity index (χ2v) is 5.59. The summed E-state index contributed by atoms with van der Waals surface area (Å²) in [5, 5.41) is 9.44. The number of rotatable bonds is 5. The van der Waals surface area contributed by atoms with Crippen molar-refractivity contribution in [2.75, 3.05) is 30.4 Å². The molecule has 1 aromatic heterocycles. The number of aromatic nitrogens is 1. The van der Waals surface area contributed by atoms with Crippen molar-refractivity contribution in [3.05, 3.63) is 52.7 Å². The highest BCUT2D eigenvalue weighted by Crippen LogP contribution is 2.21. The molecule has 0 spiro atoms. The van der Waals surface area contributed by atoms with Crippen molar-refractivity contribution >= 4 is 23.1 Å². The Labute approximate surface area is 136 Å². The Bertz CT molecular complexity index is 674. The quantitative estimate of drug-likeness (QED) is 0.844. The van der Waals surface area contributed by atoms with Gasteiger partial charge in [-0.05, 0) is 36.8 Å². The van der Waals surface area contributed by atoms with Crippen LogP contribution in [-0.4, -0.2) is 25.6 Å². The maximum absolute atomic E-state index is 9.05. The summed E-state index contributed by atoms with van der Waals surface area (Å²) in [4.78, 5) is 8.51. The average molecular weight is 315 g/mol. The minimum atomic E-state index is 0.264. The van der Waals surface area contributed by atoms with Crippen molar-refractivity contribution in [2.45, 2.75) is 13.5 Å². The third-order valence-electron chi connectivity index (χ3n) is 3.47. The van der Waals surface area contributed by atoms with Gasteiger partial charge in [-0.25, -0.2) is 4.98 Å². The predicted octanol–water partition coefficient (Wildman–Crippen LogP) is 3.70. The summed E-state index contributed by atoms with van der Waals surface area (Å²) >= 11 is 5.94. The van der Waals surface area contributed by atoms with Crippen LogP contribution in [0.1, 0.15) is 18.2 Å². The van der Waals surface area contributed by atoms with Gasteiger partial charge in [-0.2, -0.15) is 5.26 Å². The lowest BCUT2D eigenvalue weighted by Gasteiger charge is -2.23. The molecule has 0 aliphatic rings. The minimum absolute atomic E-state index is 0.264. The molecule has 0 aliphatic heterocycles. The fourth-order valence-electron chi connectivity index (χ4n) is 2.16. The van der Waals surface area contributed by atoms with Gasteiger partial charge in [-0.15, -0.1) is 0 Å². The molecule has 0 amide bonds. The van der Waals surface area contributed by atoms with Gasteiger partial charge in [0, 0.05) is 32.9 Å². The Morgan fingerprint density at radius 2 is 1.82 bits per heavy atom. The van der Waals surface area contributed by atoms with Crippen LogP contribution in [0.2, 0.25) is 5.02 Å². The summed E-state index contributed by atoms with van der Waals surface area (Å²) in [7, 11) is 4.04. The van der Waals surface area contributed by atoms with Crippen LogP contribution in [0, 0.1) is 11.3 Å². The van der Waals surface area contributed by atoms with E-state index in [1.807, 2.05) is 26.2 Å². The summed E-state index contributed by atoms with van der Waals surface area (Å²) in [6.45, 7) is 3.61. The monoisotopic (exact) mass is 314 g/mol. The van der Waals surface area contributed by atoms with Crippen LogP contribution in [0.15, 0.2) is 36.4 Å². The molecular weight excluding hydrogens is 296 g/mol.